The molecule has 24 heavy (non-hydrogen) atoms. The van der Waals surface area contributed by atoms with Crippen LogP contribution in [0.15, 0.2) is 42.5 Å². The fraction of sp³-hybridized carbons (Fsp3) is 0.176. The van der Waals surface area contributed by atoms with Crippen LogP contribution in [0, 0.1) is 6.92 Å². The molecular formula is C17H18ClN3O2S. The molecule has 0 aromatic heterocycles. The Labute approximate surface area is 151 Å². The highest BCUT2D eigenvalue weighted by Crippen LogP contribution is 2.19. The second-order valence-corrected chi connectivity index (χ2v) is 5.77. The number of hydrogen-bond donors (Lipinski definition) is 3. The van der Waals surface area contributed by atoms with Crippen LogP contribution in [-0.2, 0) is 0 Å². The lowest BCUT2D eigenvalue weighted by molar-refractivity contribution is 0.0944. The number of benzene rings is 2. The van der Waals surface area contributed by atoms with Crippen LogP contribution in [0.1, 0.15) is 22.8 Å². The van der Waals surface area contributed by atoms with Gasteiger partial charge in [-0.05, 0) is 68.0 Å². The van der Waals surface area contributed by atoms with Gasteiger partial charge in [0.2, 0.25) is 0 Å². The molecule has 0 aliphatic carbocycles. The first-order valence-electron chi connectivity index (χ1n) is 7.36. The van der Waals surface area contributed by atoms with Gasteiger partial charge >= 0.3 is 0 Å². The first-order chi connectivity index (χ1) is 11.5. The summed E-state index contributed by atoms with van der Waals surface area (Å²) in [5.41, 5.74) is 7.38. The molecule has 0 heterocycles. The van der Waals surface area contributed by atoms with Crippen molar-refractivity contribution in [2.75, 3.05) is 11.9 Å². The predicted molar refractivity (Wildman–Crippen MR) is 101 cm³/mol. The minimum atomic E-state index is -0.302. The molecule has 0 spiro atoms. The average molecular weight is 364 g/mol. The number of nitrogens with one attached hydrogen (secondary N) is 3. The van der Waals surface area contributed by atoms with Crippen LogP contribution in [0.5, 0.6) is 5.75 Å². The number of aryl methyl sites for hydroxylation is 1. The van der Waals surface area contributed by atoms with E-state index in [1.807, 2.05) is 26.0 Å². The molecule has 0 aliphatic rings. The molecule has 126 valence electrons. The molecular weight excluding hydrogens is 346 g/mol. The largest absolute Gasteiger partial charge is 0.494 e. The molecule has 5 nitrogen and oxygen atoms in total. The molecule has 0 saturated heterocycles. The lowest BCUT2D eigenvalue weighted by atomic mass is 10.2. The van der Waals surface area contributed by atoms with Gasteiger partial charge in [-0.2, -0.15) is 0 Å². The Morgan fingerprint density at radius 3 is 2.50 bits per heavy atom. The van der Waals surface area contributed by atoms with Crippen LogP contribution in [0.25, 0.3) is 0 Å². The van der Waals surface area contributed by atoms with Crippen molar-refractivity contribution in [1.82, 2.24) is 10.9 Å². The average Bonchev–Trinajstić information content (AvgIpc) is 2.57. The maximum absolute atomic E-state index is 12.0. The number of ether oxygens (including phenoxy) is 1. The third kappa shape index (κ3) is 5.11. The Bertz CT molecular complexity index is 735. The maximum Gasteiger partial charge on any atom is 0.269 e. The molecule has 0 atom stereocenters. The Morgan fingerprint density at radius 2 is 1.88 bits per heavy atom. The standard InChI is InChI=1S/C17H18ClN3O2S/c1-3-23-14-8-5-12(6-9-14)16(22)20-21-17(24)19-13-7-4-11(2)15(18)10-13/h4-10H,3H2,1-2H3,(H,20,22)(H2,19,21,24). The second kappa shape index (κ2) is 8.52. The molecule has 2 rings (SSSR count). The third-order valence-corrected chi connectivity index (χ3v) is 3.76. The van der Waals surface area contributed by atoms with Crippen molar-refractivity contribution in [3.63, 3.8) is 0 Å². The van der Waals surface area contributed by atoms with Crippen molar-refractivity contribution in [3.05, 3.63) is 58.6 Å². The van der Waals surface area contributed by atoms with Gasteiger partial charge in [0, 0.05) is 16.3 Å². The van der Waals surface area contributed by atoms with Gasteiger partial charge in [-0.3, -0.25) is 15.6 Å². The van der Waals surface area contributed by atoms with E-state index in [4.69, 9.17) is 28.6 Å². The molecule has 2 aromatic rings. The Kier molecular flexibility index (Phi) is 6.40. The first-order valence-corrected chi connectivity index (χ1v) is 8.14. The summed E-state index contributed by atoms with van der Waals surface area (Å²) in [6.07, 6.45) is 0. The van der Waals surface area contributed by atoms with Crippen LogP contribution in [0.2, 0.25) is 5.02 Å². The number of hydrazine groups is 1. The molecule has 2 aromatic carbocycles. The van der Waals surface area contributed by atoms with Crippen LogP contribution < -0.4 is 20.9 Å². The van der Waals surface area contributed by atoms with E-state index in [1.165, 1.54) is 0 Å². The zero-order valence-corrected chi connectivity index (χ0v) is 14.9. The fourth-order valence-electron chi connectivity index (χ4n) is 1.89. The van der Waals surface area contributed by atoms with Crippen LogP contribution in [-0.4, -0.2) is 17.6 Å². The van der Waals surface area contributed by atoms with Crippen molar-refractivity contribution in [1.29, 1.82) is 0 Å². The molecule has 0 radical (unpaired) electrons. The lowest BCUT2D eigenvalue weighted by Gasteiger charge is -2.12. The third-order valence-electron chi connectivity index (χ3n) is 3.15. The summed E-state index contributed by atoms with van der Waals surface area (Å²) in [6, 6.07) is 12.3. The summed E-state index contributed by atoms with van der Waals surface area (Å²) in [5.74, 6) is 0.416. The molecule has 3 N–H and O–H groups in total. The van der Waals surface area contributed by atoms with Crippen molar-refractivity contribution < 1.29 is 9.53 Å². The van der Waals surface area contributed by atoms with Crippen LogP contribution >= 0.6 is 23.8 Å². The fourth-order valence-corrected chi connectivity index (χ4v) is 2.24. The summed E-state index contributed by atoms with van der Waals surface area (Å²) >= 11 is 11.2. The quantitative estimate of drug-likeness (QED) is 0.571. The summed E-state index contributed by atoms with van der Waals surface area (Å²) in [6.45, 7) is 4.40. The van der Waals surface area contributed by atoms with Gasteiger partial charge in [0.25, 0.3) is 5.91 Å². The Morgan fingerprint density at radius 1 is 1.17 bits per heavy atom. The number of hydrogen-bond acceptors (Lipinski definition) is 3. The zero-order chi connectivity index (χ0) is 17.5. The summed E-state index contributed by atoms with van der Waals surface area (Å²) in [4.78, 5) is 12.0. The molecule has 7 heteroatoms. The number of halogens is 1. The molecule has 0 unspecified atom stereocenters. The predicted octanol–water partition coefficient (Wildman–Crippen LogP) is 3.68. The highest BCUT2D eigenvalue weighted by atomic mass is 35.5. The topological polar surface area (TPSA) is 62.4 Å². The van der Waals surface area contributed by atoms with Gasteiger partial charge in [-0.1, -0.05) is 17.7 Å². The monoisotopic (exact) mass is 363 g/mol. The number of rotatable bonds is 4. The van der Waals surface area contributed by atoms with Gasteiger partial charge in [0.1, 0.15) is 5.75 Å². The van der Waals surface area contributed by atoms with Gasteiger partial charge in [-0.15, -0.1) is 0 Å². The van der Waals surface area contributed by atoms with E-state index in [0.29, 0.717) is 17.2 Å². The van der Waals surface area contributed by atoms with E-state index in [0.717, 1.165) is 17.0 Å². The van der Waals surface area contributed by atoms with Crippen molar-refractivity contribution in [2.45, 2.75) is 13.8 Å². The molecule has 0 bridgehead atoms. The van der Waals surface area contributed by atoms with Gasteiger partial charge < -0.3 is 10.1 Å². The Hall–Kier alpha value is -2.31. The molecule has 0 saturated carbocycles. The zero-order valence-electron chi connectivity index (χ0n) is 13.4. The minimum absolute atomic E-state index is 0.259. The van der Waals surface area contributed by atoms with Crippen molar-refractivity contribution in [2.24, 2.45) is 0 Å². The van der Waals surface area contributed by atoms with E-state index in [1.54, 1.807) is 30.3 Å². The van der Waals surface area contributed by atoms with Gasteiger partial charge in [-0.25, -0.2) is 0 Å². The molecule has 0 aliphatic heterocycles. The smallest absolute Gasteiger partial charge is 0.269 e. The number of thiocarbonyl (C=S) groups is 1. The van der Waals surface area contributed by atoms with E-state index < -0.39 is 0 Å². The lowest BCUT2D eigenvalue weighted by Crippen LogP contribution is -2.43. The number of anilines is 1. The summed E-state index contributed by atoms with van der Waals surface area (Å²) < 4.78 is 5.33. The second-order valence-electron chi connectivity index (χ2n) is 4.95. The van der Waals surface area contributed by atoms with Crippen LogP contribution in [0.4, 0.5) is 5.69 Å². The van der Waals surface area contributed by atoms with Gasteiger partial charge in [0.05, 0.1) is 6.61 Å². The van der Waals surface area contributed by atoms with E-state index >= 15 is 0 Å². The van der Waals surface area contributed by atoms with Crippen molar-refractivity contribution >= 4 is 40.5 Å². The van der Waals surface area contributed by atoms with E-state index in [-0.39, 0.29) is 11.0 Å². The molecule has 0 fully saturated rings. The van der Waals surface area contributed by atoms with Crippen LogP contribution in [0.3, 0.4) is 0 Å². The Balaban J connectivity index is 1.86. The number of carbonyl (C=O) groups is 1. The number of amides is 1. The van der Waals surface area contributed by atoms with E-state index in [2.05, 4.69) is 16.2 Å². The summed E-state index contributed by atoms with van der Waals surface area (Å²) in [5, 5.41) is 3.84. The number of carbonyl (C=O) groups excluding carboxylic acids is 1. The van der Waals surface area contributed by atoms with Gasteiger partial charge in [0.15, 0.2) is 5.11 Å². The minimum Gasteiger partial charge on any atom is -0.494 e. The summed E-state index contributed by atoms with van der Waals surface area (Å²) in [7, 11) is 0. The van der Waals surface area contributed by atoms with E-state index in [9.17, 15) is 4.79 Å². The SMILES string of the molecule is CCOc1ccc(C(=O)NNC(=S)Nc2ccc(C)c(Cl)c2)cc1. The molecule has 1 amide bonds. The first kappa shape index (κ1) is 18.0. The highest BCUT2D eigenvalue weighted by molar-refractivity contribution is 7.80. The maximum atomic E-state index is 12.0. The highest BCUT2D eigenvalue weighted by Gasteiger charge is 2.06. The van der Waals surface area contributed by atoms with Crippen molar-refractivity contribution in [3.8, 4) is 5.75 Å². The normalized spacial score (nSPS) is 9.96.